The molecule has 7 heteroatoms. The standard InChI is InChI=1S/F3N.F2.FH/c1-4(2)3;1-2;/h;;1H. The van der Waals surface area contributed by atoms with Gasteiger partial charge in [-0.05, 0) is 0 Å². The van der Waals surface area contributed by atoms with Gasteiger partial charge in [-0.15, -0.1) is 0 Å². The van der Waals surface area contributed by atoms with Crippen molar-refractivity contribution < 1.29 is 27.3 Å². The summed E-state index contributed by atoms with van der Waals surface area (Å²) >= 11 is 0. The van der Waals surface area contributed by atoms with Crippen LogP contribution in [0.5, 0.6) is 0 Å². The second kappa shape index (κ2) is 17.7. The molecular weight excluding hydrogens is 128 g/mol. The third-order valence-electron chi connectivity index (χ3n) is 0. The summed E-state index contributed by atoms with van der Waals surface area (Å²) in [6.07, 6.45) is 0. The van der Waals surface area contributed by atoms with E-state index in [0.717, 1.165) is 0 Å². The number of rotatable bonds is 0. The van der Waals surface area contributed by atoms with Gasteiger partial charge in [0, 0.05) is 9.15 Å². The van der Waals surface area contributed by atoms with Gasteiger partial charge in [0.2, 0.25) is 0 Å². The third-order valence-corrected chi connectivity index (χ3v) is 0. The minimum atomic E-state index is -2.50. The second-order valence-electron chi connectivity index (χ2n) is 0.192. The fourth-order valence-corrected chi connectivity index (χ4v) is 0. The van der Waals surface area contributed by atoms with E-state index in [1.807, 2.05) is 0 Å². The van der Waals surface area contributed by atoms with Crippen molar-refractivity contribution in [2.45, 2.75) is 0 Å². The van der Waals surface area contributed by atoms with Crippen molar-refractivity contribution in [2.24, 2.45) is 0 Å². The average Bonchev–Trinajstić information content (AvgIpc) is 1.41. The molecule has 0 aliphatic heterocycles. The van der Waals surface area contributed by atoms with E-state index in [1.54, 1.807) is 0 Å². The van der Waals surface area contributed by atoms with Crippen LogP contribution in [0, 0.1) is 0 Å². The first kappa shape index (κ1) is 16.0. The normalized spacial score (nSPS) is 6.00. The summed E-state index contributed by atoms with van der Waals surface area (Å²) in [5.41, 5.74) is -2.50. The highest BCUT2D eigenvalue weighted by atomic mass is 20.0. The maximum Gasteiger partial charge on any atom is 0.199 e. The molecule has 0 aliphatic carbocycles. The molecule has 0 radical (unpaired) electrons. The molecule has 0 aromatic rings. The Balaban J connectivity index is -0.0000000480. The number of hydrogen-bond donors (Lipinski definition) is 0. The zero-order valence-electron chi connectivity index (χ0n) is 2.75. The highest BCUT2D eigenvalue weighted by molar-refractivity contribution is 3.24. The molecule has 7 heavy (non-hydrogen) atoms. The van der Waals surface area contributed by atoms with Gasteiger partial charge in [0.15, 0.2) is 5.57 Å². The molecule has 0 heterocycles. The van der Waals surface area contributed by atoms with Crippen LogP contribution < -0.4 is 0 Å². The van der Waals surface area contributed by atoms with Crippen LogP contribution in [0.1, 0.15) is 0 Å². The molecule has 0 aliphatic rings. The maximum atomic E-state index is 9.50. The van der Waals surface area contributed by atoms with Crippen molar-refractivity contribution >= 4 is 0 Å². The van der Waals surface area contributed by atoms with E-state index in [2.05, 4.69) is 0 Å². The average molecular weight is 129 g/mol. The Bertz CT molecular complexity index is 8.90. The minimum absolute atomic E-state index is 0. The van der Waals surface area contributed by atoms with Crippen LogP contribution in [0.3, 0.4) is 0 Å². The van der Waals surface area contributed by atoms with Gasteiger partial charge in [-0.25, -0.2) is 0 Å². The Morgan fingerprint density at radius 3 is 0.857 bits per heavy atom. The zero-order chi connectivity index (χ0) is 5.58. The highest BCUT2D eigenvalue weighted by Gasteiger charge is 1.80. The summed E-state index contributed by atoms with van der Waals surface area (Å²) in [5, 5.41) is 0. The lowest BCUT2D eigenvalue weighted by Crippen LogP contribution is -1.72. The smallest absolute Gasteiger partial charge is 0.199 e. The first-order chi connectivity index (χ1) is 2.73. The lowest BCUT2D eigenvalue weighted by atomic mass is 13.5. The van der Waals surface area contributed by atoms with Crippen LogP contribution in [0.25, 0.3) is 0 Å². The molecule has 0 amide bonds. The van der Waals surface area contributed by atoms with Crippen molar-refractivity contribution in [1.29, 1.82) is 0 Å². The predicted molar refractivity (Wildman–Crippen MR) is 9.88 cm³/mol. The van der Waals surface area contributed by atoms with E-state index in [9.17, 15) is 13.4 Å². The number of hydrogen-bond acceptors (Lipinski definition) is 1. The molecular formula is HF6N. The fourth-order valence-electron chi connectivity index (χ4n) is 0. The molecule has 0 saturated heterocycles. The summed E-state index contributed by atoms with van der Waals surface area (Å²) in [7, 11) is 0. The van der Waals surface area contributed by atoms with Gasteiger partial charge in [0.25, 0.3) is 0 Å². The zero-order valence-corrected chi connectivity index (χ0v) is 2.75. The minimum Gasteiger partial charge on any atom is -0.269 e. The Morgan fingerprint density at radius 2 is 0.857 bits per heavy atom. The van der Waals surface area contributed by atoms with Crippen LogP contribution in [-0.2, 0) is 0 Å². The van der Waals surface area contributed by atoms with Crippen LogP contribution in [-0.4, -0.2) is 5.57 Å². The first-order valence-electron chi connectivity index (χ1n) is 0.650. The van der Waals surface area contributed by atoms with Crippen molar-refractivity contribution in [1.82, 2.24) is 5.57 Å². The number of nitrogens with zero attached hydrogens (tertiary/aromatic N) is 1. The molecule has 0 unspecified atom stereocenters. The van der Waals surface area contributed by atoms with Crippen molar-refractivity contribution in [3.05, 3.63) is 0 Å². The Hall–Kier alpha value is -0.460. The van der Waals surface area contributed by atoms with Crippen molar-refractivity contribution in [3.8, 4) is 0 Å². The van der Waals surface area contributed by atoms with Crippen LogP contribution >= 0.6 is 0 Å². The molecule has 0 spiro atoms. The van der Waals surface area contributed by atoms with Crippen LogP contribution in [0.2, 0.25) is 0 Å². The van der Waals surface area contributed by atoms with E-state index in [1.165, 1.54) is 0 Å². The van der Waals surface area contributed by atoms with Gasteiger partial charge in [-0.3, -0.25) is 4.70 Å². The molecule has 0 N–H and O–H groups in total. The Morgan fingerprint density at radius 1 is 0.857 bits per heavy atom. The lowest BCUT2D eigenvalue weighted by Gasteiger charge is -1.67. The Kier molecular flexibility index (Phi) is 40.5. The quantitative estimate of drug-likeness (QED) is 0.356. The third kappa shape index (κ3) is 328. The van der Waals surface area contributed by atoms with Gasteiger partial charge in [-0.2, -0.15) is 0 Å². The van der Waals surface area contributed by atoms with E-state index >= 15 is 0 Å². The summed E-state index contributed by atoms with van der Waals surface area (Å²) in [6.45, 7) is 0. The second-order valence-corrected chi connectivity index (χ2v) is 0.192. The van der Waals surface area contributed by atoms with Gasteiger partial charge in [0.1, 0.15) is 0 Å². The van der Waals surface area contributed by atoms with Gasteiger partial charge in [-0.1, -0.05) is 13.4 Å². The molecule has 0 fully saturated rings. The van der Waals surface area contributed by atoms with Gasteiger partial charge in [0.05, 0.1) is 0 Å². The molecule has 48 valence electrons. The van der Waals surface area contributed by atoms with Crippen LogP contribution in [0.15, 0.2) is 0 Å². The highest BCUT2D eigenvalue weighted by Crippen LogP contribution is 1.82. The summed E-state index contributed by atoms with van der Waals surface area (Å²) < 4.78 is 44.5. The monoisotopic (exact) mass is 129 g/mol. The first-order valence-corrected chi connectivity index (χ1v) is 0.650. The van der Waals surface area contributed by atoms with Gasteiger partial charge < -0.3 is 0 Å². The van der Waals surface area contributed by atoms with E-state index in [-0.39, 0.29) is 4.70 Å². The molecule has 1 nitrogen and oxygen atoms in total. The van der Waals surface area contributed by atoms with E-state index in [4.69, 9.17) is 9.15 Å². The molecule has 0 saturated carbocycles. The number of halogens is 6. The van der Waals surface area contributed by atoms with Crippen LogP contribution in [0.4, 0.5) is 27.3 Å². The maximum absolute atomic E-state index is 9.50. The fraction of sp³-hybridized carbons (Fsp3) is 0. The molecule has 0 bridgehead atoms. The topological polar surface area (TPSA) is 3.24 Å². The SMILES string of the molecule is F.FF.FN(F)F. The lowest BCUT2D eigenvalue weighted by molar-refractivity contribution is -0.295. The Labute approximate surface area is 34.4 Å². The summed E-state index contributed by atoms with van der Waals surface area (Å²) in [5.74, 6) is 0. The van der Waals surface area contributed by atoms with Crippen molar-refractivity contribution in [2.75, 3.05) is 0 Å². The summed E-state index contributed by atoms with van der Waals surface area (Å²) in [6, 6.07) is 0. The summed E-state index contributed by atoms with van der Waals surface area (Å²) in [4.78, 5) is 0. The van der Waals surface area contributed by atoms with E-state index in [0.29, 0.717) is 0 Å². The van der Waals surface area contributed by atoms with E-state index < -0.39 is 5.57 Å². The molecule has 0 aromatic heterocycles. The molecule has 0 aromatic carbocycles. The van der Waals surface area contributed by atoms with Gasteiger partial charge >= 0.3 is 0 Å². The molecule has 0 rings (SSSR count). The predicted octanol–water partition coefficient (Wildman–Crippen LogP) is 1.93. The van der Waals surface area contributed by atoms with Crippen molar-refractivity contribution in [3.63, 3.8) is 0 Å². The molecule has 0 atom stereocenters. The largest absolute Gasteiger partial charge is 0.269 e.